The number of pyridine rings is 1. The van der Waals surface area contributed by atoms with Crippen molar-refractivity contribution in [1.29, 1.82) is 0 Å². The maximum absolute atomic E-state index is 12.8. The third kappa shape index (κ3) is 2.71. The molecule has 4 rings (SSSR count). The number of aromatic nitrogens is 1. The van der Waals surface area contributed by atoms with Crippen LogP contribution in [0.3, 0.4) is 0 Å². The fraction of sp³-hybridized carbons (Fsp3) is 0.667. The molecule has 0 radical (unpaired) electrons. The Morgan fingerprint density at radius 3 is 2.91 bits per heavy atom. The Labute approximate surface area is 138 Å². The van der Waals surface area contributed by atoms with Crippen LogP contribution in [0.1, 0.15) is 37.2 Å². The van der Waals surface area contributed by atoms with Gasteiger partial charge in [0.1, 0.15) is 5.82 Å². The number of hydrogen-bond donors (Lipinski definition) is 0. The molecule has 4 heterocycles. The van der Waals surface area contributed by atoms with E-state index in [-0.39, 0.29) is 5.91 Å². The summed E-state index contributed by atoms with van der Waals surface area (Å²) in [5.74, 6) is 1.85. The van der Waals surface area contributed by atoms with E-state index in [0.29, 0.717) is 18.5 Å². The quantitative estimate of drug-likeness (QED) is 0.833. The lowest BCUT2D eigenvalue weighted by molar-refractivity contribution is -0.130. The van der Waals surface area contributed by atoms with E-state index < -0.39 is 0 Å². The van der Waals surface area contributed by atoms with Crippen molar-refractivity contribution in [3.63, 3.8) is 0 Å². The Kier molecular flexibility index (Phi) is 3.97. The Morgan fingerprint density at radius 2 is 2.09 bits per heavy atom. The van der Waals surface area contributed by atoms with Crippen molar-refractivity contribution < 1.29 is 4.79 Å². The summed E-state index contributed by atoms with van der Waals surface area (Å²) in [6.45, 7) is 4.49. The number of likely N-dealkylation sites (N-methyl/N-ethyl adjacent to an activating group) is 1. The first-order valence-electron chi connectivity index (χ1n) is 8.92. The minimum atomic E-state index is 0.273. The number of likely N-dealkylation sites (tertiary alicyclic amines) is 2. The summed E-state index contributed by atoms with van der Waals surface area (Å²) in [5, 5.41) is 0. The van der Waals surface area contributed by atoms with Crippen LogP contribution in [0.2, 0.25) is 0 Å². The number of nitrogens with zero attached hydrogens (tertiary/aromatic N) is 4. The van der Waals surface area contributed by atoms with Gasteiger partial charge in [-0.1, -0.05) is 6.07 Å². The first kappa shape index (κ1) is 14.9. The van der Waals surface area contributed by atoms with Gasteiger partial charge in [0.15, 0.2) is 0 Å². The van der Waals surface area contributed by atoms with Crippen LogP contribution in [0.4, 0.5) is 5.82 Å². The van der Waals surface area contributed by atoms with Gasteiger partial charge in [-0.15, -0.1) is 0 Å². The second-order valence-electron chi connectivity index (χ2n) is 7.21. The van der Waals surface area contributed by atoms with Crippen LogP contribution in [-0.4, -0.2) is 66.5 Å². The average molecular weight is 314 g/mol. The summed E-state index contributed by atoms with van der Waals surface area (Å²) in [4.78, 5) is 24.1. The molecule has 2 saturated heterocycles. The summed E-state index contributed by atoms with van der Waals surface area (Å²) in [7, 11) is 2.18. The summed E-state index contributed by atoms with van der Waals surface area (Å²) in [5.41, 5.74) is 1.34. The zero-order valence-corrected chi connectivity index (χ0v) is 13.9. The van der Waals surface area contributed by atoms with Gasteiger partial charge < -0.3 is 14.7 Å². The van der Waals surface area contributed by atoms with Gasteiger partial charge in [0.2, 0.25) is 5.91 Å². The van der Waals surface area contributed by atoms with Gasteiger partial charge in [-0.2, -0.15) is 0 Å². The molecule has 0 N–H and O–H groups in total. The molecule has 0 saturated carbocycles. The number of hydrogen-bond acceptors (Lipinski definition) is 4. The molecule has 2 fully saturated rings. The van der Waals surface area contributed by atoms with Crippen molar-refractivity contribution >= 4 is 11.7 Å². The molecule has 0 aromatic carbocycles. The molecular formula is C18H26N4O. The first-order chi connectivity index (χ1) is 11.2. The third-order valence-electron chi connectivity index (χ3n) is 5.69. The predicted octanol–water partition coefficient (Wildman–Crippen LogP) is 1.70. The molecule has 5 heteroatoms. The number of piperidine rings is 2. The molecule has 3 aliphatic heterocycles. The Morgan fingerprint density at radius 1 is 1.26 bits per heavy atom. The molecule has 5 nitrogen and oxygen atoms in total. The lowest BCUT2D eigenvalue weighted by Crippen LogP contribution is -2.51. The number of carbonyl (C=O) groups excluding carboxylic acids is 1. The molecule has 23 heavy (non-hydrogen) atoms. The molecule has 0 aliphatic carbocycles. The maximum Gasteiger partial charge on any atom is 0.242 e. The minimum Gasteiger partial charge on any atom is -0.342 e. The van der Waals surface area contributed by atoms with Gasteiger partial charge in [-0.3, -0.25) is 4.79 Å². The van der Waals surface area contributed by atoms with Crippen LogP contribution in [-0.2, 0) is 4.79 Å². The van der Waals surface area contributed by atoms with E-state index >= 15 is 0 Å². The van der Waals surface area contributed by atoms with Gasteiger partial charge in [0, 0.05) is 31.7 Å². The van der Waals surface area contributed by atoms with Gasteiger partial charge >= 0.3 is 0 Å². The highest BCUT2D eigenvalue weighted by Crippen LogP contribution is 2.43. The van der Waals surface area contributed by atoms with E-state index in [9.17, 15) is 4.79 Å². The van der Waals surface area contributed by atoms with Crippen molar-refractivity contribution in [2.24, 2.45) is 0 Å². The van der Waals surface area contributed by atoms with Crippen LogP contribution in [0.5, 0.6) is 0 Å². The summed E-state index contributed by atoms with van der Waals surface area (Å²) >= 11 is 0. The average Bonchev–Trinajstić information content (AvgIpc) is 2.89. The summed E-state index contributed by atoms with van der Waals surface area (Å²) in [6, 6.07) is 4.63. The van der Waals surface area contributed by atoms with Crippen molar-refractivity contribution in [2.45, 2.75) is 37.6 Å². The smallest absolute Gasteiger partial charge is 0.242 e. The van der Waals surface area contributed by atoms with E-state index in [4.69, 9.17) is 0 Å². The highest BCUT2D eigenvalue weighted by atomic mass is 16.2. The highest BCUT2D eigenvalue weighted by molar-refractivity contribution is 5.82. The Balaban J connectivity index is 1.57. The number of amides is 1. The minimum absolute atomic E-state index is 0.273. The molecule has 3 aliphatic rings. The number of rotatable bonds is 2. The number of fused-ring (bicyclic) bond motifs is 3. The fourth-order valence-corrected chi connectivity index (χ4v) is 4.45. The van der Waals surface area contributed by atoms with Crippen LogP contribution < -0.4 is 4.90 Å². The molecule has 2 unspecified atom stereocenters. The highest BCUT2D eigenvalue weighted by Gasteiger charge is 2.42. The van der Waals surface area contributed by atoms with Gasteiger partial charge in [0.25, 0.3) is 0 Å². The maximum atomic E-state index is 12.8. The number of carbonyl (C=O) groups is 1. The number of anilines is 1. The van der Waals surface area contributed by atoms with Crippen molar-refractivity contribution in [3.8, 4) is 0 Å². The molecule has 1 aromatic rings. The molecule has 1 amide bonds. The molecule has 2 atom stereocenters. The van der Waals surface area contributed by atoms with Crippen LogP contribution in [0.15, 0.2) is 18.3 Å². The van der Waals surface area contributed by atoms with E-state index in [1.54, 1.807) is 0 Å². The van der Waals surface area contributed by atoms with Gasteiger partial charge in [-0.25, -0.2) is 4.98 Å². The second-order valence-corrected chi connectivity index (χ2v) is 7.21. The van der Waals surface area contributed by atoms with Crippen molar-refractivity contribution in [2.75, 3.05) is 44.7 Å². The van der Waals surface area contributed by atoms with E-state index in [1.807, 2.05) is 17.2 Å². The monoisotopic (exact) mass is 314 g/mol. The predicted molar refractivity (Wildman–Crippen MR) is 90.7 cm³/mol. The normalized spacial score (nSPS) is 27.7. The summed E-state index contributed by atoms with van der Waals surface area (Å²) < 4.78 is 0. The van der Waals surface area contributed by atoms with Crippen molar-refractivity contribution in [1.82, 2.24) is 14.8 Å². The van der Waals surface area contributed by atoms with E-state index in [1.165, 1.54) is 12.0 Å². The third-order valence-corrected chi connectivity index (χ3v) is 5.69. The SMILES string of the molecule is CN1CCC2c3cccnc3N(CC(=O)N3CCCCC3)C2C1. The second kappa shape index (κ2) is 6.11. The zero-order chi connectivity index (χ0) is 15.8. The van der Waals surface area contributed by atoms with Crippen LogP contribution in [0.25, 0.3) is 0 Å². The molecule has 124 valence electrons. The zero-order valence-electron chi connectivity index (χ0n) is 13.9. The van der Waals surface area contributed by atoms with Crippen molar-refractivity contribution in [3.05, 3.63) is 23.9 Å². The van der Waals surface area contributed by atoms with Crippen LogP contribution >= 0.6 is 0 Å². The molecular weight excluding hydrogens is 288 g/mol. The van der Waals surface area contributed by atoms with E-state index in [2.05, 4.69) is 27.9 Å². The van der Waals surface area contributed by atoms with Gasteiger partial charge in [0.05, 0.1) is 12.6 Å². The summed E-state index contributed by atoms with van der Waals surface area (Å²) in [6.07, 6.45) is 6.57. The first-order valence-corrected chi connectivity index (χ1v) is 8.92. The fourth-order valence-electron chi connectivity index (χ4n) is 4.45. The van der Waals surface area contributed by atoms with Gasteiger partial charge in [-0.05, 0) is 50.9 Å². The lowest BCUT2D eigenvalue weighted by Gasteiger charge is -2.38. The Bertz CT molecular complexity index is 584. The molecule has 0 spiro atoms. The van der Waals surface area contributed by atoms with Crippen LogP contribution in [0, 0.1) is 0 Å². The topological polar surface area (TPSA) is 39.7 Å². The van der Waals surface area contributed by atoms with E-state index in [0.717, 1.165) is 51.3 Å². The molecule has 0 bridgehead atoms. The standard InChI is InChI=1S/C18H26N4O/c1-20-11-7-14-15-6-5-8-19-18(15)22(16(14)12-20)13-17(23)21-9-3-2-4-10-21/h5-6,8,14,16H,2-4,7,9-13H2,1H3. The Hall–Kier alpha value is -1.62. The largest absolute Gasteiger partial charge is 0.342 e. The molecule has 1 aromatic heterocycles. The lowest BCUT2D eigenvalue weighted by atomic mass is 9.89.